The molecule has 0 radical (unpaired) electrons. The Labute approximate surface area is 201 Å². The van der Waals surface area contributed by atoms with Gasteiger partial charge in [-0.05, 0) is 83.9 Å². The second-order valence-electron chi connectivity index (χ2n) is 10.5. The summed E-state index contributed by atoms with van der Waals surface area (Å²) in [5.74, 6) is 0.754. The average Bonchev–Trinajstić information content (AvgIpc) is 3.06. The van der Waals surface area contributed by atoms with E-state index in [1.807, 2.05) is 44.7 Å². The molecule has 33 heavy (non-hydrogen) atoms. The standard InChI is InChI=1S/C25H37ClN2O5/c1-24(2,3)33-23(30)27-12-14-32-20-6-5-17(21(26)16-20)15-18-9-13-28(22(18)29)19-7-10-25(4,31)11-8-19/h5-6,16,18-19,31H,7-15H2,1-4H3,(H,27,30). The highest BCUT2D eigenvalue weighted by Crippen LogP contribution is 2.35. The molecule has 0 spiro atoms. The van der Waals surface area contributed by atoms with Crippen molar-refractivity contribution in [2.75, 3.05) is 19.7 Å². The minimum absolute atomic E-state index is 0.0604. The maximum atomic E-state index is 13.0. The van der Waals surface area contributed by atoms with E-state index in [-0.39, 0.29) is 17.9 Å². The van der Waals surface area contributed by atoms with E-state index in [2.05, 4.69) is 5.32 Å². The predicted molar refractivity (Wildman–Crippen MR) is 128 cm³/mol. The monoisotopic (exact) mass is 480 g/mol. The Balaban J connectivity index is 1.45. The van der Waals surface area contributed by atoms with Gasteiger partial charge in [0.2, 0.25) is 5.91 Å². The lowest BCUT2D eigenvalue weighted by atomic mass is 9.83. The third kappa shape index (κ3) is 7.51. The molecule has 1 aliphatic heterocycles. The highest BCUT2D eigenvalue weighted by Gasteiger charge is 2.39. The van der Waals surface area contributed by atoms with E-state index in [0.717, 1.165) is 44.2 Å². The second-order valence-corrected chi connectivity index (χ2v) is 10.9. The minimum Gasteiger partial charge on any atom is -0.492 e. The molecule has 2 N–H and O–H groups in total. The molecule has 184 valence electrons. The van der Waals surface area contributed by atoms with E-state index in [9.17, 15) is 14.7 Å². The first-order valence-corrected chi connectivity index (χ1v) is 12.2. The SMILES string of the molecule is CC1(O)CCC(N2CCC(Cc3ccc(OCCNC(=O)OC(C)(C)C)cc3Cl)C2=O)CC1. The molecule has 1 saturated carbocycles. The first-order valence-electron chi connectivity index (χ1n) is 11.8. The van der Waals surface area contributed by atoms with Gasteiger partial charge in [-0.3, -0.25) is 4.79 Å². The molecule has 0 aromatic heterocycles. The maximum absolute atomic E-state index is 13.0. The summed E-state index contributed by atoms with van der Waals surface area (Å²) in [6.45, 7) is 8.70. The first-order chi connectivity index (χ1) is 15.4. The van der Waals surface area contributed by atoms with Crippen molar-refractivity contribution in [1.29, 1.82) is 0 Å². The summed E-state index contributed by atoms with van der Waals surface area (Å²) in [6.07, 6.45) is 4.17. The normalized spacial score (nSPS) is 25.8. The summed E-state index contributed by atoms with van der Waals surface area (Å²) in [4.78, 5) is 26.7. The lowest BCUT2D eigenvalue weighted by molar-refractivity contribution is -0.134. The van der Waals surface area contributed by atoms with Crippen LogP contribution >= 0.6 is 11.6 Å². The number of amides is 2. The molecule has 1 aliphatic carbocycles. The number of halogens is 1. The Bertz CT molecular complexity index is 842. The van der Waals surface area contributed by atoms with Gasteiger partial charge in [-0.2, -0.15) is 0 Å². The molecule has 1 heterocycles. The number of carbonyl (C=O) groups excluding carboxylic acids is 2. The number of hydrogen-bond acceptors (Lipinski definition) is 5. The van der Waals surface area contributed by atoms with Gasteiger partial charge in [-0.25, -0.2) is 4.79 Å². The summed E-state index contributed by atoms with van der Waals surface area (Å²) < 4.78 is 10.9. The first kappa shape index (κ1) is 25.6. The molecular formula is C25H37ClN2O5. The van der Waals surface area contributed by atoms with Gasteiger partial charge in [0.15, 0.2) is 0 Å². The minimum atomic E-state index is -0.595. The zero-order valence-corrected chi connectivity index (χ0v) is 20.9. The van der Waals surface area contributed by atoms with Gasteiger partial charge < -0.3 is 24.8 Å². The van der Waals surface area contributed by atoms with Crippen LogP contribution in [0.15, 0.2) is 18.2 Å². The zero-order valence-electron chi connectivity index (χ0n) is 20.2. The lowest BCUT2D eigenvalue weighted by Gasteiger charge is -2.37. The van der Waals surface area contributed by atoms with E-state index in [0.29, 0.717) is 30.3 Å². The maximum Gasteiger partial charge on any atom is 0.407 e. The summed E-state index contributed by atoms with van der Waals surface area (Å²) >= 11 is 6.49. The Morgan fingerprint density at radius 3 is 2.61 bits per heavy atom. The van der Waals surface area contributed by atoms with Crippen LogP contribution in [0.2, 0.25) is 5.02 Å². The Hall–Kier alpha value is -1.99. The van der Waals surface area contributed by atoms with Crippen LogP contribution in [0.3, 0.4) is 0 Å². The van der Waals surface area contributed by atoms with Crippen LogP contribution in [-0.2, 0) is 16.0 Å². The van der Waals surface area contributed by atoms with Crippen molar-refractivity contribution in [1.82, 2.24) is 10.2 Å². The van der Waals surface area contributed by atoms with Crippen molar-refractivity contribution in [3.63, 3.8) is 0 Å². The molecule has 1 aromatic carbocycles. The number of hydrogen-bond donors (Lipinski definition) is 2. The topological polar surface area (TPSA) is 88.1 Å². The number of likely N-dealkylation sites (tertiary alicyclic amines) is 1. The van der Waals surface area contributed by atoms with E-state index >= 15 is 0 Å². The van der Waals surface area contributed by atoms with Crippen molar-refractivity contribution in [2.24, 2.45) is 5.92 Å². The van der Waals surface area contributed by atoms with Gasteiger partial charge in [0, 0.05) is 23.5 Å². The highest BCUT2D eigenvalue weighted by molar-refractivity contribution is 6.31. The summed E-state index contributed by atoms with van der Waals surface area (Å²) in [5.41, 5.74) is -0.201. The van der Waals surface area contributed by atoms with Crippen molar-refractivity contribution >= 4 is 23.6 Å². The Morgan fingerprint density at radius 1 is 1.27 bits per heavy atom. The molecule has 7 nitrogen and oxygen atoms in total. The lowest BCUT2D eigenvalue weighted by Crippen LogP contribution is -2.43. The third-order valence-corrected chi connectivity index (χ3v) is 6.71. The van der Waals surface area contributed by atoms with Crippen molar-refractivity contribution in [2.45, 2.75) is 83.5 Å². The van der Waals surface area contributed by atoms with E-state index in [4.69, 9.17) is 21.1 Å². The number of nitrogens with zero attached hydrogens (tertiary/aromatic N) is 1. The predicted octanol–water partition coefficient (Wildman–Crippen LogP) is 4.33. The number of nitrogens with one attached hydrogen (secondary N) is 1. The number of alkyl carbamates (subject to hydrolysis) is 1. The fourth-order valence-electron chi connectivity index (χ4n) is 4.54. The highest BCUT2D eigenvalue weighted by atomic mass is 35.5. The van der Waals surface area contributed by atoms with Crippen LogP contribution in [0.25, 0.3) is 0 Å². The van der Waals surface area contributed by atoms with Crippen LogP contribution in [0, 0.1) is 5.92 Å². The van der Waals surface area contributed by atoms with Crippen molar-refractivity contribution in [3.05, 3.63) is 28.8 Å². The molecule has 2 fully saturated rings. The average molecular weight is 481 g/mol. The molecular weight excluding hydrogens is 444 g/mol. The number of ether oxygens (including phenoxy) is 2. The third-order valence-electron chi connectivity index (χ3n) is 6.35. The summed E-state index contributed by atoms with van der Waals surface area (Å²) in [7, 11) is 0. The van der Waals surface area contributed by atoms with Gasteiger partial charge in [-0.15, -0.1) is 0 Å². The van der Waals surface area contributed by atoms with Crippen LogP contribution in [-0.4, -0.2) is 58.9 Å². The number of aliphatic hydroxyl groups is 1. The quantitative estimate of drug-likeness (QED) is 0.567. The van der Waals surface area contributed by atoms with Gasteiger partial charge in [0.05, 0.1) is 12.1 Å². The molecule has 1 unspecified atom stereocenters. The molecule has 0 bridgehead atoms. The van der Waals surface area contributed by atoms with Crippen molar-refractivity contribution < 1.29 is 24.2 Å². The molecule has 1 atom stereocenters. The summed E-state index contributed by atoms with van der Waals surface area (Å²) in [5, 5.41) is 13.4. The molecule has 8 heteroatoms. The Kier molecular flexibility index (Phi) is 8.17. The number of benzene rings is 1. The van der Waals surface area contributed by atoms with Gasteiger partial charge >= 0.3 is 6.09 Å². The van der Waals surface area contributed by atoms with Crippen LogP contribution < -0.4 is 10.1 Å². The second kappa shape index (κ2) is 10.5. The summed E-state index contributed by atoms with van der Waals surface area (Å²) in [6, 6.07) is 5.75. The molecule has 1 saturated heterocycles. The molecule has 1 aromatic rings. The largest absolute Gasteiger partial charge is 0.492 e. The number of rotatable bonds is 7. The Morgan fingerprint density at radius 2 is 1.97 bits per heavy atom. The fraction of sp³-hybridized carbons (Fsp3) is 0.680. The van der Waals surface area contributed by atoms with Crippen LogP contribution in [0.1, 0.15) is 65.4 Å². The van der Waals surface area contributed by atoms with Gasteiger partial charge in [0.1, 0.15) is 18.0 Å². The van der Waals surface area contributed by atoms with Gasteiger partial charge in [-0.1, -0.05) is 17.7 Å². The van der Waals surface area contributed by atoms with Gasteiger partial charge in [0.25, 0.3) is 0 Å². The fourth-order valence-corrected chi connectivity index (χ4v) is 4.78. The van der Waals surface area contributed by atoms with E-state index in [1.165, 1.54) is 0 Å². The van der Waals surface area contributed by atoms with E-state index in [1.54, 1.807) is 6.07 Å². The van der Waals surface area contributed by atoms with Crippen LogP contribution in [0.5, 0.6) is 5.75 Å². The van der Waals surface area contributed by atoms with Crippen LogP contribution in [0.4, 0.5) is 4.79 Å². The molecule has 2 aliphatic rings. The zero-order chi connectivity index (χ0) is 24.2. The van der Waals surface area contributed by atoms with Crippen molar-refractivity contribution in [3.8, 4) is 5.75 Å². The van der Waals surface area contributed by atoms with E-state index < -0.39 is 17.3 Å². The smallest absolute Gasteiger partial charge is 0.407 e. The molecule has 3 rings (SSSR count). The molecule has 2 amide bonds. The number of carbonyl (C=O) groups is 2.